The number of fused-ring (bicyclic) bond motifs is 1. The molecular weight excluding hydrogens is 344 g/mol. The number of carbonyl (C=O) groups excluding carboxylic acids is 1. The van der Waals surface area contributed by atoms with Gasteiger partial charge in [-0.3, -0.25) is 10.3 Å². The van der Waals surface area contributed by atoms with Crippen molar-refractivity contribution in [2.45, 2.75) is 6.92 Å². The van der Waals surface area contributed by atoms with E-state index in [9.17, 15) is 4.79 Å². The molecule has 9 heteroatoms. The van der Waals surface area contributed by atoms with Gasteiger partial charge in [-0.15, -0.1) is 5.10 Å². The van der Waals surface area contributed by atoms with Crippen LogP contribution >= 0.6 is 0 Å². The Hall–Kier alpha value is -3.88. The van der Waals surface area contributed by atoms with Gasteiger partial charge in [0.1, 0.15) is 5.69 Å². The molecule has 0 aliphatic heterocycles. The van der Waals surface area contributed by atoms with E-state index in [0.717, 1.165) is 11.1 Å². The summed E-state index contributed by atoms with van der Waals surface area (Å²) < 4.78 is 1.61. The number of hydrogen-bond donors (Lipinski definition) is 2. The van der Waals surface area contributed by atoms with E-state index in [4.69, 9.17) is 0 Å². The number of pyridine rings is 2. The van der Waals surface area contributed by atoms with Crippen molar-refractivity contribution in [3.63, 3.8) is 0 Å². The largest absolute Gasteiger partial charge is 0.338 e. The number of carbonyl (C=O) groups is 1. The first-order chi connectivity index (χ1) is 13.2. The number of anilines is 1. The molecule has 0 saturated heterocycles. The normalized spacial score (nSPS) is 10.7. The fourth-order valence-electron chi connectivity index (χ4n) is 2.63. The van der Waals surface area contributed by atoms with E-state index in [2.05, 4.69) is 35.7 Å². The summed E-state index contributed by atoms with van der Waals surface area (Å²) in [6.45, 7) is 2.34. The molecule has 0 aromatic carbocycles. The summed E-state index contributed by atoms with van der Waals surface area (Å²) in [7, 11) is 0. The minimum atomic E-state index is -0.363. The molecule has 27 heavy (non-hydrogen) atoms. The standard InChI is InChI=1S/C18H16N8O/c1-2-20-18(27)24-17-23-15-10-13(12-5-3-6-19-11-12)9-14(26(15)25-17)16-21-7-4-8-22-16/h3-11H,2H2,1H3,(H2,20,24,25,27). The van der Waals surface area contributed by atoms with Crippen LogP contribution in [-0.4, -0.2) is 42.1 Å². The lowest BCUT2D eigenvalue weighted by Gasteiger charge is -2.06. The minimum absolute atomic E-state index is 0.196. The SMILES string of the molecule is CCNC(=O)Nc1nc2cc(-c3cccnc3)cc(-c3ncccn3)n2n1. The molecule has 4 rings (SSSR count). The van der Waals surface area contributed by atoms with E-state index < -0.39 is 0 Å². The molecule has 2 amide bonds. The Morgan fingerprint density at radius 2 is 1.96 bits per heavy atom. The van der Waals surface area contributed by atoms with Gasteiger partial charge in [-0.25, -0.2) is 19.3 Å². The lowest BCUT2D eigenvalue weighted by molar-refractivity contribution is 0.252. The van der Waals surface area contributed by atoms with Crippen molar-refractivity contribution in [3.8, 4) is 22.6 Å². The Morgan fingerprint density at radius 3 is 2.70 bits per heavy atom. The molecule has 0 aliphatic carbocycles. The third kappa shape index (κ3) is 3.43. The lowest BCUT2D eigenvalue weighted by Crippen LogP contribution is -2.28. The second-order valence-corrected chi connectivity index (χ2v) is 5.63. The molecule has 0 bridgehead atoms. The summed E-state index contributed by atoms with van der Waals surface area (Å²) in [5.41, 5.74) is 3.04. The average molecular weight is 360 g/mol. The maximum atomic E-state index is 11.8. The van der Waals surface area contributed by atoms with E-state index in [-0.39, 0.29) is 12.0 Å². The monoisotopic (exact) mass is 360 g/mol. The Balaban J connectivity index is 1.86. The van der Waals surface area contributed by atoms with E-state index in [0.29, 0.717) is 23.7 Å². The minimum Gasteiger partial charge on any atom is -0.338 e. The van der Waals surface area contributed by atoms with Crippen LogP contribution in [-0.2, 0) is 0 Å². The quantitative estimate of drug-likeness (QED) is 0.578. The molecule has 0 radical (unpaired) electrons. The number of rotatable bonds is 4. The van der Waals surface area contributed by atoms with Crippen molar-refractivity contribution in [3.05, 3.63) is 55.1 Å². The van der Waals surface area contributed by atoms with Gasteiger partial charge in [0.15, 0.2) is 11.5 Å². The summed E-state index contributed by atoms with van der Waals surface area (Å²) in [4.78, 5) is 29.0. The Kier molecular flexibility index (Phi) is 4.40. The second-order valence-electron chi connectivity index (χ2n) is 5.63. The van der Waals surface area contributed by atoms with Gasteiger partial charge in [0, 0.05) is 36.9 Å². The van der Waals surface area contributed by atoms with Gasteiger partial charge < -0.3 is 5.32 Å². The first-order valence-electron chi connectivity index (χ1n) is 8.38. The predicted molar refractivity (Wildman–Crippen MR) is 99.9 cm³/mol. The van der Waals surface area contributed by atoms with Crippen molar-refractivity contribution in [2.75, 3.05) is 11.9 Å². The highest BCUT2D eigenvalue weighted by Gasteiger charge is 2.15. The maximum Gasteiger partial charge on any atom is 0.321 e. The molecule has 4 heterocycles. The van der Waals surface area contributed by atoms with Crippen molar-refractivity contribution in [1.29, 1.82) is 0 Å². The second kappa shape index (κ2) is 7.16. The van der Waals surface area contributed by atoms with Crippen molar-refractivity contribution in [1.82, 2.24) is 34.9 Å². The van der Waals surface area contributed by atoms with Crippen LogP contribution in [0.25, 0.3) is 28.3 Å². The molecule has 2 N–H and O–H groups in total. The lowest BCUT2D eigenvalue weighted by atomic mass is 10.1. The fraction of sp³-hybridized carbons (Fsp3) is 0.111. The van der Waals surface area contributed by atoms with Crippen LogP contribution in [0.1, 0.15) is 6.92 Å². The first-order valence-corrected chi connectivity index (χ1v) is 8.38. The third-order valence-corrected chi connectivity index (χ3v) is 3.79. The number of nitrogens with zero attached hydrogens (tertiary/aromatic N) is 6. The average Bonchev–Trinajstić information content (AvgIpc) is 3.11. The zero-order valence-electron chi connectivity index (χ0n) is 14.5. The van der Waals surface area contributed by atoms with Gasteiger partial charge >= 0.3 is 6.03 Å². The molecule has 0 unspecified atom stereocenters. The highest BCUT2D eigenvalue weighted by Crippen LogP contribution is 2.26. The van der Waals surface area contributed by atoms with Gasteiger partial charge in [-0.1, -0.05) is 6.07 Å². The number of nitrogens with one attached hydrogen (secondary N) is 2. The predicted octanol–water partition coefficient (Wildman–Crippen LogP) is 2.39. The molecule has 0 fully saturated rings. The Labute approximate surface area is 154 Å². The molecule has 134 valence electrons. The number of urea groups is 1. The molecule has 0 atom stereocenters. The zero-order chi connectivity index (χ0) is 18.6. The summed E-state index contributed by atoms with van der Waals surface area (Å²) in [5, 5.41) is 9.66. The molecule has 0 aliphatic rings. The van der Waals surface area contributed by atoms with Crippen LogP contribution in [0.3, 0.4) is 0 Å². The molecule has 9 nitrogen and oxygen atoms in total. The van der Waals surface area contributed by atoms with Crippen LogP contribution in [0.2, 0.25) is 0 Å². The summed E-state index contributed by atoms with van der Waals surface area (Å²) in [5.74, 6) is 0.698. The highest BCUT2D eigenvalue weighted by atomic mass is 16.2. The molecule has 0 spiro atoms. The van der Waals surface area contributed by atoms with Crippen LogP contribution in [0, 0.1) is 0 Å². The molecular formula is C18H16N8O. The smallest absolute Gasteiger partial charge is 0.321 e. The number of hydrogen-bond acceptors (Lipinski definition) is 6. The number of aromatic nitrogens is 6. The Morgan fingerprint density at radius 1 is 1.11 bits per heavy atom. The van der Waals surface area contributed by atoms with Crippen LogP contribution in [0.4, 0.5) is 10.7 Å². The highest BCUT2D eigenvalue weighted by molar-refractivity contribution is 5.87. The molecule has 4 aromatic rings. The van der Waals surface area contributed by atoms with E-state index in [1.54, 1.807) is 35.4 Å². The van der Waals surface area contributed by atoms with E-state index >= 15 is 0 Å². The van der Waals surface area contributed by atoms with E-state index in [1.165, 1.54) is 0 Å². The van der Waals surface area contributed by atoms with Crippen LogP contribution in [0.5, 0.6) is 0 Å². The van der Waals surface area contributed by atoms with Crippen LogP contribution < -0.4 is 10.6 Å². The maximum absolute atomic E-state index is 11.8. The summed E-state index contributed by atoms with van der Waals surface area (Å²) in [6, 6.07) is 9.00. The van der Waals surface area contributed by atoms with Gasteiger partial charge in [0.2, 0.25) is 0 Å². The van der Waals surface area contributed by atoms with Gasteiger partial charge in [-0.05, 0) is 36.8 Å². The fourth-order valence-corrected chi connectivity index (χ4v) is 2.63. The zero-order valence-corrected chi connectivity index (χ0v) is 14.5. The van der Waals surface area contributed by atoms with Gasteiger partial charge in [0.05, 0.1) is 0 Å². The number of amides is 2. The summed E-state index contributed by atoms with van der Waals surface area (Å²) >= 11 is 0. The van der Waals surface area contributed by atoms with E-state index in [1.807, 2.05) is 31.2 Å². The first kappa shape index (κ1) is 16.6. The summed E-state index contributed by atoms with van der Waals surface area (Å²) in [6.07, 6.45) is 6.81. The Bertz CT molecular complexity index is 1080. The van der Waals surface area contributed by atoms with Crippen molar-refractivity contribution < 1.29 is 4.79 Å². The van der Waals surface area contributed by atoms with Gasteiger partial charge in [-0.2, -0.15) is 4.98 Å². The van der Waals surface area contributed by atoms with Crippen molar-refractivity contribution >= 4 is 17.6 Å². The molecule has 0 saturated carbocycles. The third-order valence-electron chi connectivity index (χ3n) is 3.79. The van der Waals surface area contributed by atoms with Crippen LogP contribution in [0.15, 0.2) is 55.1 Å². The molecule has 4 aromatic heterocycles. The van der Waals surface area contributed by atoms with Gasteiger partial charge in [0.25, 0.3) is 5.95 Å². The topological polar surface area (TPSA) is 110 Å². The van der Waals surface area contributed by atoms with Crippen molar-refractivity contribution in [2.24, 2.45) is 0 Å².